The molecule has 2 aromatic heterocycles. The summed E-state index contributed by atoms with van der Waals surface area (Å²) in [5, 5.41) is 12.0. The van der Waals surface area contributed by atoms with Gasteiger partial charge in [-0.25, -0.2) is 14.2 Å². The Morgan fingerprint density at radius 3 is 2.82 bits per heavy atom. The van der Waals surface area contributed by atoms with E-state index in [-0.39, 0.29) is 41.4 Å². The van der Waals surface area contributed by atoms with E-state index in [0.717, 1.165) is 34.9 Å². The third-order valence-electron chi connectivity index (χ3n) is 7.78. The average molecular weight is 449 g/mol. The van der Waals surface area contributed by atoms with Crippen molar-refractivity contribution >= 4 is 16.9 Å². The standard InChI is InChI=1S/C25H24FN3O4/c1-3-25(32)16-6-19-22-14(9-29(19)23(30)15(16)10-33-24(25)31)20-12(8-27)4-5-13-11(2)17(26)7-18(28-22)21(13)20/h6-7,12,32H,3-5,8-10,27H2,1-2H3/t12-,25-/m0/s1. The van der Waals surface area contributed by atoms with Crippen LogP contribution in [0.2, 0.25) is 0 Å². The molecular formula is C25H24FN3O4. The van der Waals surface area contributed by atoms with Gasteiger partial charge in [0.25, 0.3) is 5.56 Å². The number of nitrogens with zero attached hydrogens (tertiary/aromatic N) is 2. The van der Waals surface area contributed by atoms with E-state index < -0.39 is 11.6 Å². The topological polar surface area (TPSA) is 107 Å². The van der Waals surface area contributed by atoms with Gasteiger partial charge in [0.15, 0.2) is 5.60 Å². The van der Waals surface area contributed by atoms with Crippen LogP contribution in [0.4, 0.5) is 4.39 Å². The molecule has 0 bridgehead atoms. The normalized spacial score (nSPS) is 22.7. The Morgan fingerprint density at radius 2 is 2.09 bits per heavy atom. The number of esters is 1. The molecule has 170 valence electrons. The molecule has 0 radical (unpaired) electrons. The Kier molecular flexibility index (Phi) is 4.17. The van der Waals surface area contributed by atoms with Crippen molar-refractivity contribution < 1.29 is 19.0 Å². The summed E-state index contributed by atoms with van der Waals surface area (Å²) in [5.74, 6) is -0.975. The van der Waals surface area contributed by atoms with E-state index in [1.54, 1.807) is 24.5 Å². The number of pyridine rings is 2. The number of nitrogens with two attached hydrogens (primary N) is 1. The van der Waals surface area contributed by atoms with Crippen molar-refractivity contribution in [2.75, 3.05) is 6.54 Å². The molecule has 0 spiro atoms. The summed E-state index contributed by atoms with van der Waals surface area (Å²) in [5.41, 5.74) is 9.72. The number of benzene rings is 1. The van der Waals surface area contributed by atoms with Crippen molar-refractivity contribution in [3.05, 3.63) is 61.7 Å². The summed E-state index contributed by atoms with van der Waals surface area (Å²) in [4.78, 5) is 30.7. The van der Waals surface area contributed by atoms with Crippen LogP contribution in [0.25, 0.3) is 22.3 Å². The van der Waals surface area contributed by atoms with Gasteiger partial charge >= 0.3 is 5.97 Å². The van der Waals surface area contributed by atoms with Gasteiger partial charge in [0.2, 0.25) is 0 Å². The van der Waals surface area contributed by atoms with Crippen LogP contribution in [-0.2, 0) is 34.7 Å². The van der Waals surface area contributed by atoms with Gasteiger partial charge in [-0.1, -0.05) is 6.92 Å². The number of hydrogen-bond acceptors (Lipinski definition) is 6. The molecule has 8 heteroatoms. The summed E-state index contributed by atoms with van der Waals surface area (Å²) in [6.07, 6.45) is 1.62. The minimum absolute atomic E-state index is 0.0775. The molecule has 4 heterocycles. The van der Waals surface area contributed by atoms with Gasteiger partial charge in [0.1, 0.15) is 12.4 Å². The molecule has 6 rings (SSSR count). The second-order valence-electron chi connectivity index (χ2n) is 9.28. The molecule has 2 atom stereocenters. The Hall–Kier alpha value is -3.10. The minimum Gasteiger partial charge on any atom is -0.458 e. The van der Waals surface area contributed by atoms with E-state index in [9.17, 15) is 19.1 Å². The third-order valence-corrected chi connectivity index (χ3v) is 7.78. The Balaban J connectivity index is 1.70. The van der Waals surface area contributed by atoms with Gasteiger partial charge in [0.05, 0.1) is 29.0 Å². The minimum atomic E-state index is -1.88. The summed E-state index contributed by atoms with van der Waals surface area (Å²) in [7, 11) is 0. The predicted octanol–water partition coefficient (Wildman–Crippen LogP) is 2.52. The van der Waals surface area contributed by atoms with Crippen molar-refractivity contribution in [2.45, 2.75) is 57.8 Å². The molecule has 7 nitrogen and oxygen atoms in total. The van der Waals surface area contributed by atoms with Gasteiger partial charge in [-0.05, 0) is 61.4 Å². The van der Waals surface area contributed by atoms with Crippen LogP contribution in [0, 0.1) is 12.7 Å². The SMILES string of the molecule is CC[C@@]1(O)C(=O)OCc2c1cc1n(c2=O)Cc2c-1nc1cc(F)c(C)c3c1c2[C@H](CN)CC3. The second-order valence-corrected chi connectivity index (χ2v) is 9.28. The van der Waals surface area contributed by atoms with E-state index in [1.807, 2.05) is 0 Å². The number of ether oxygens (including phenoxy) is 1. The average Bonchev–Trinajstić information content (AvgIpc) is 3.18. The highest BCUT2D eigenvalue weighted by Crippen LogP contribution is 2.46. The maximum Gasteiger partial charge on any atom is 0.343 e. The number of hydrogen-bond donors (Lipinski definition) is 2. The number of aryl methyl sites for hydroxylation is 1. The van der Waals surface area contributed by atoms with Crippen molar-refractivity contribution in [3.63, 3.8) is 0 Å². The van der Waals surface area contributed by atoms with E-state index in [1.165, 1.54) is 6.07 Å². The lowest BCUT2D eigenvalue weighted by Gasteiger charge is -2.31. The monoisotopic (exact) mass is 449 g/mol. The zero-order valence-electron chi connectivity index (χ0n) is 18.5. The van der Waals surface area contributed by atoms with E-state index >= 15 is 0 Å². The summed E-state index contributed by atoms with van der Waals surface area (Å²) < 4.78 is 21.5. The molecule has 3 N–H and O–H groups in total. The van der Waals surface area contributed by atoms with Gasteiger partial charge in [-0.2, -0.15) is 0 Å². The van der Waals surface area contributed by atoms with Crippen LogP contribution in [0.15, 0.2) is 16.9 Å². The van der Waals surface area contributed by atoms with Gasteiger partial charge in [-0.3, -0.25) is 4.79 Å². The molecule has 0 amide bonds. The number of rotatable bonds is 2. The number of aliphatic hydroxyl groups is 1. The maximum atomic E-state index is 14.8. The first kappa shape index (κ1) is 20.5. The van der Waals surface area contributed by atoms with Gasteiger partial charge in [-0.15, -0.1) is 0 Å². The highest BCUT2D eigenvalue weighted by molar-refractivity contribution is 5.93. The van der Waals surface area contributed by atoms with Crippen molar-refractivity contribution in [3.8, 4) is 11.4 Å². The number of carbonyl (C=O) groups is 1. The number of carbonyl (C=O) groups excluding carboxylic acids is 1. The number of cyclic esters (lactones) is 1. The van der Waals surface area contributed by atoms with Crippen molar-refractivity contribution in [2.24, 2.45) is 5.73 Å². The smallest absolute Gasteiger partial charge is 0.343 e. The van der Waals surface area contributed by atoms with E-state index in [4.69, 9.17) is 15.5 Å². The van der Waals surface area contributed by atoms with Crippen LogP contribution in [0.1, 0.15) is 59.1 Å². The second kappa shape index (κ2) is 6.71. The molecule has 0 fully saturated rings. The molecule has 0 saturated carbocycles. The maximum absolute atomic E-state index is 14.8. The predicted molar refractivity (Wildman–Crippen MR) is 119 cm³/mol. The third kappa shape index (κ3) is 2.48. The molecule has 3 aromatic rings. The molecule has 0 saturated heterocycles. The van der Waals surface area contributed by atoms with Crippen molar-refractivity contribution in [1.29, 1.82) is 0 Å². The Bertz CT molecular complexity index is 1460. The van der Waals surface area contributed by atoms with Gasteiger partial charge < -0.3 is 20.1 Å². The van der Waals surface area contributed by atoms with Crippen LogP contribution >= 0.6 is 0 Å². The molecule has 1 aromatic carbocycles. The lowest BCUT2D eigenvalue weighted by molar-refractivity contribution is -0.172. The fraction of sp³-hybridized carbons (Fsp3) is 0.400. The molecule has 1 aliphatic carbocycles. The Labute approximate surface area is 189 Å². The number of halogens is 1. The summed E-state index contributed by atoms with van der Waals surface area (Å²) >= 11 is 0. The summed E-state index contributed by atoms with van der Waals surface area (Å²) in [6, 6.07) is 3.14. The first-order chi connectivity index (χ1) is 15.8. The zero-order valence-corrected chi connectivity index (χ0v) is 18.5. The van der Waals surface area contributed by atoms with E-state index in [2.05, 4.69) is 0 Å². The van der Waals surface area contributed by atoms with Crippen LogP contribution in [0.3, 0.4) is 0 Å². The largest absolute Gasteiger partial charge is 0.458 e. The first-order valence-electron chi connectivity index (χ1n) is 11.3. The molecule has 0 unspecified atom stereocenters. The zero-order chi connectivity index (χ0) is 23.2. The number of aromatic nitrogens is 2. The first-order valence-corrected chi connectivity index (χ1v) is 11.3. The van der Waals surface area contributed by atoms with Crippen LogP contribution in [-0.4, -0.2) is 27.2 Å². The molecule has 3 aliphatic rings. The molecule has 33 heavy (non-hydrogen) atoms. The molecular weight excluding hydrogens is 425 g/mol. The highest BCUT2D eigenvalue weighted by Gasteiger charge is 2.45. The lowest BCUT2D eigenvalue weighted by atomic mass is 9.78. The quantitative estimate of drug-likeness (QED) is 0.456. The fourth-order valence-corrected chi connectivity index (χ4v) is 5.89. The van der Waals surface area contributed by atoms with Crippen LogP contribution in [0.5, 0.6) is 0 Å². The summed E-state index contributed by atoms with van der Waals surface area (Å²) in [6.45, 7) is 4.05. The number of fused-ring (bicyclic) bond motifs is 5. The lowest BCUT2D eigenvalue weighted by Crippen LogP contribution is -2.44. The highest BCUT2D eigenvalue weighted by atomic mass is 19.1. The molecule has 2 aliphatic heterocycles. The Morgan fingerprint density at radius 1 is 1.30 bits per heavy atom. The fourth-order valence-electron chi connectivity index (χ4n) is 5.89. The van der Waals surface area contributed by atoms with Crippen LogP contribution < -0.4 is 11.3 Å². The van der Waals surface area contributed by atoms with Crippen molar-refractivity contribution in [1.82, 2.24) is 9.55 Å². The van der Waals surface area contributed by atoms with E-state index in [0.29, 0.717) is 35.6 Å². The van der Waals surface area contributed by atoms with Gasteiger partial charge in [0, 0.05) is 22.6 Å².